The van der Waals surface area contributed by atoms with Gasteiger partial charge in [0.1, 0.15) is 0 Å². The molecule has 2 nitrogen and oxygen atoms in total. The fourth-order valence-corrected chi connectivity index (χ4v) is 9.46. The van der Waals surface area contributed by atoms with Crippen LogP contribution in [0.25, 0.3) is 77.7 Å². The summed E-state index contributed by atoms with van der Waals surface area (Å²) in [6, 6.07) is 67.0. The van der Waals surface area contributed by atoms with Crippen molar-refractivity contribution in [1.29, 1.82) is 0 Å². The van der Waals surface area contributed by atoms with E-state index in [0.717, 1.165) is 75.1 Å². The van der Waals surface area contributed by atoms with Crippen molar-refractivity contribution in [3.8, 4) is 39.1 Å². The number of benzene rings is 9. The van der Waals surface area contributed by atoms with Gasteiger partial charge in [0.2, 0.25) is 0 Å². The molecule has 0 aliphatic heterocycles. The first-order chi connectivity index (χ1) is 30.4. The first-order valence-corrected chi connectivity index (χ1v) is 21.0. The molecule has 0 radical (unpaired) electrons. The largest absolute Gasteiger partial charge is 0.416 e. The Morgan fingerprint density at radius 2 is 0.952 bits per heavy atom. The Balaban J connectivity index is 1.00. The molecule has 9 aromatic carbocycles. The van der Waals surface area contributed by atoms with Crippen LogP contribution in [-0.4, -0.2) is 4.57 Å². The molecule has 5 heteroatoms. The van der Waals surface area contributed by atoms with Crippen LogP contribution in [0, 0.1) is 0 Å². The lowest BCUT2D eigenvalue weighted by molar-refractivity contribution is -0.137. The van der Waals surface area contributed by atoms with Crippen LogP contribution in [0.4, 0.5) is 30.2 Å². The maximum atomic E-state index is 13.8. The third-order valence-electron chi connectivity index (χ3n) is 12.3. The molecule has 298 valence electrons. The summed E-state index contributed by atoms with van der Waals surface area (Å²) >= 11 is 0. The summed E-state index contributed by atoms with van der Waals surface area (Å²) in [5.74, 6) is 0. The number of anilines is 3. The highest BCUT2D eigenvalue weighted by atomic mass is 19.4. The van der Waals surface area contributed by atoms with Crippen molar-refractivity contribution < 1.29 is 13.2 Å². The highest BCUT2D eigenvalue weighted by molar-refractivity contribution is 6.11. The van der Waals surface area contributed by atoms with E-state index in [1.54, 1.807) is 12.1 Å². The van der Waals surface area contributed by atoms with E-state index in [1.807, 2.05) is 11.0 Å². The standard InChI is InChI=1S/C57H39F3N2/c58-57(59,60)42-28-34-46(35-29-42)61(44-30-23-38(24-31-44)41-27-36-54-52(37-41)47-17-11-12-22-53(47)62(54)43-15-5-2-6-16-43)45-32-25-40(26-33-45)56-50-20-9-7-18-48(50)55(39-13-3-1-4-14-39)49-19-8-10-21-51(49)56/h1-7,9-18,20-37H,8,19H2. The second-order valence-electron chi connectivity index (χ2n) is 15.9. The Morgan fingerprint density at radius 3 is 1.61 bits per heavy atom. The quantitative estimate of drug-likeness (QED) is 0.156. The maximum Gasteiger partial charge on any atom is 0.416 e. The number of rotatable bonds is 7. The van der Waals surface area contributed by atoms with Crippen LogP contribution in [0.1, 0.15) is 23.1 Å². The number of allylic oxidation sites excluding steroid dienone is 1. The molecule has 0 N–H and O–H groups in total. The molecular weight excluding hydrogens is 770 g/mol. The molecule has 0 atom stereocenters. The number of alkyl halides is 3. The molecule has 62 heavy (non-hydrogen) atoms. The lowest BCUT2D eigenvalue weighted by Crippen LogP contribution is -2.11. The van der Waals surface area contributed by atoms with Crippen molar-refractivity contribution in [2.45, 2.75) is 19.0 Å². The van der Waals surface area contributed by atoms with Crippen LogP contribution < -0.4 is 4.90 Å². The maximum absolute atomic E-state index is 13.8. The van der Waals surface area contributed by atoms with E-state index in [1.165, 1.54) is 44.0 Å². The van der Waals surface area contributed by atoms with Crippen molar-refractivity contribution >= 4 is 55.7 Å². The summed E-state index contributed by atoms with van der Waals surface area (Å²) in [7, 11) is 0. The predicted molar refractivity (Wildman–Crippen MR) is 252 cm³/mol. The van der Waals surface area contributed by atoms with Gasteiger partial charge in [0.05, 0.1) is 16.6 Å². The van der Waals surface area contributed by atoms with Crippen LogP contribution >= 0.6 is 0 Å². The predicted octanol–water partition coefficient (Wildman–Crippen LogP) is 16.4. The summed E-state index contributed by atoms with van der Waals surface area (Å²) in [6.07, 6.45) is 2.04. The Hall–Kier alpha value is -7.63. The van der Waals surface area contributed by atoms with Gasteiger partial charge in [-0.3, -0.25) is 0 Å². The average Bonchev–Trinajstić information content (AvgIpc) is 3.65. The Morgan fingerprint density at radius 1 is 0.435 bits per heavy atom. The van der Waals surface area contributed by atoms with Gasteiger partial charge in [-0.1, -0.05) is 133 Å². The number of halogens is 3. The second-order valence-corrected chi connectivity index (χ2v) is 15.9. The highest BCUT2D eigenvalue weighted by Gasteiger charge is 2.30. The molecule has 11 rings (SSSR count). The van der Waals surface area contributed by atoms with Crippen molar-refractivity contribution in [3.05, 3.63) is 223 Å². The third kappa shape index (κ3) is 6.45. The fraction of sp³-hybridized carbons (Fsp3) is 0.0526. The SMILES string of the molecule is FC(F)(F)c1ccc(N(c2ccc(-c3ccc4c(c3)c3ccccc3n4-c3ccccc3)cc2)c2ccc(-c3c4c(c(-c5ccccc5)c5ccccc35)CCC=C4)cc2)cc1. The average molecular weight is 809 g/mol. The zero-order chi connectivity index (χ0) is 41.8. The van der Waals surface area contributed by atoms with E-state index in [-0.39, 0.29) is 0 Å². The van der Waals surface area contributed by atoms with Crippen LogP contribution in [0.5, 0.6) is 0 Å². The second kappa shape index (κ2) is 15.1. The summed E-state index contributed by atoms with van der Waals surface area (Å²) in [6.45, 7) is 0. The molecule has 0 unspecified atom stereocenters. The number of para-hydroxylation sites is 2. The first kappa shape index (κ1) is 37.4. The molecular formula is C57H39F3N2. The van der Waals surface area contributed by atoms with Gasteiger partial charge in [-0.25, -0.2) is 0 Å². The molecule has 0 spiro atoms. The molecule has 0 amide bonds. The van der Waals surface area contributed by atoms with Gasteiger partial charge in [0.25, 0.3) is 0 Å². The molecule has 1 aliphatic carbocycles. The molecule has 1 aliphatic rings. The topological polar surface area (TPSA) is 8.17 Å². The third-order valence-corrected chi connectivity index (χ3v) is 12.3. The minimum atomic E-state index is -4.44. The van der Waals surface area contributed by atoms with E-state index in [0.29, 0.717) is 5.69 Å². The minimum Gasteiger partial charge on any atom is -0.311 e. The van der Waals surface area contributed by atoms with Gasteiger partial charge in [0.15, 0.2) is 0 Å². The smallest absolute Gasteiger partial charge is 0.311 e. The summed E-state index contributed by atoms with van der Waals surface area (Å²) < 4.78 is 43.7. The van der Waals surface area contributed by atoms with E-state index in [4.69, 9.17) is 0 Å². The van der Waals surface area contributed by atoms with E-state index < -0.39 is 11.7 Å². The van der Waals surface area contributed by atoms with Gasteiger partial charge >= 0.3 is 6.18 Å². The Kier molecular flexibility index (Phi) is 9.12. The van der Waals surface area contributed by atoms with Crippen molar-refractivity contribution in [2.24, 2.45) is 0 Å². The Labute approximate surface area is 358 Å². The number of fused-ring (bicyclic) bond motifs is 5. The molecule has 10 aromatic rings. The van der Waals surface area contributed by atoms with E-state index >= 15 is 0 Å². The fourth-order valence-electron chi connectivity index (χ4n) is 9.46. The Bertz CT molecular complexity index is 3290. The van der Waals surface area contributed by atoms with Crippen molar-refractivity contribution in [1.82, 2.24) is 4.57 Å². The van der Waals surface area contributed by atoms with Crippen LogP contribution in [0.15, 0.2) is 206 Å². The minimum absolute atomic E-state index is 0.631. The number of nitrogens with zero attached hydrogens (tertiary/aromatic N) is 2. The normalized spacial score (nSPS) is 12.6. The van der Waals surface area contributed by atoms with Gasteiger partial charge in [-0.15, -0.1) is 0 Å². The molecule has 0 bridgehead atoms. The highest BCUT2D eigenvalue weighted by Crippen LogP contribution is 2.46. The molecule has 0 fully saturated rings. The zero-order valence-electron chi connectivity index (χ0n) is 33.6. The van der Waals surface area contributed by atoms with Crippen LogP contribution in [-0.2, 0) is 12.6 Å². The summed E-state index contributed by atoms with van der Waals surface area (Å²) in [5.41, 5.74) is 14.5. The van der Waals surface area contributed by atoms with Crippen LogP contribution in [0.2, 0.25) is 0 Å². The molecule has 0 saturated carbocycles. The monoisotopic (exact) mass is 808 g/mol. The number of hydrogen-bond donors (Lipinski definition) is 0. The van der Waals surface area contributed by atoms with Gasteiger partial charge in [-0.05, 0) is 147 Å². The summed E-state index contributed by atoms with van der Waals surface area (Å²) in [5, 5.41) is 4.75. The lowest BCUT2D eigenvalue weighted by Gasteiger charge is -2.27. The molecule has 1 aromatic heterocycles. The number of aromatic nitrogens is 1. The first-order valence-electron chi connectivity index (χ1n) is 21.0. The molecule has 0 saturated heterocycles. The molecule has 1 heterocycles. The van der Waals surface area contributed by atoms with Gasteiger partial charge in [0, 0.05) is 33.5 Å². The van der Waals surface area contributed by atoms with E-state index in [9.17, 15) is 13.2 Å². The number of hydrogen-bond acceptors (Lipinski definition) is 1. The lowest BCUT2D eigenvalue weighted by atomic mass is 9.80. The van der Waals surface area contributed by atoms with Crippen molar-refractivity contribution in [2.75, 3.05) is 4.90 Å². The van der Waals surface area contributed by atoms with Gasteiger partial charge < -0.3 is 9.47 Å². The van der Waals surface area contributed by atoms with Crippen LogP contribution in [0.3, 0.4) is 0 Å². The summed E-state index contributed by atoms with van der Waals surface area (Å²) in [4.78, 5) is 2.02. The van der Waals surface area contributed by atoms with Crippen molar-refractivity contribution in [3.63, 3.8) is 0 Å². The van der Waals surface area contributed by atoms with Gasteiger partial charge in [-0.2, -0.15) is 13.2 Å². The zero-order valence-corrected chi connectivity index (χ0v) is 33.6. The van der Waals surface area contributed by atoms with E-state index in [2.05, 4.69) is 187 Å².